The number of hydrogen-bond acceptors (Lipinski definition) is 3. The lowest BCUT2D eigenvalue weighted by Gasteiger charge is -2.27. The van der Waals surface area contributed by atoms with Crippen molar-refractivity contribution in [3.8, 4) is 0 Å². The zero-order valence-corrected chi connectivity index (χ0v) is 13.4. The van der Waals surface area contributed by atoms with Crippen LogP contribution in [-0.4, -0.2) is 42.2 Å². The fourth-order valence-electron chi connectivity index (χ4n) is 3.04. The summed E-state index contributed by atoms with van der Waals surface area (Å²) in [6, 6.07) is 6.51. The van der Waals surface area contributed by atoms with Gasteiger partial charge in [-0.25, -0.2) is 0 Å². The molecule has 0 radical (unpaired) electrons. The molecular formula is C16H25ClN2O. The molecule has 0 saturated carbocycles. The molecule has 0 aromatic heterocycles. The van der Waals surface area contributed by atoms with E-state index in [1.807, 2.05) is 18.2 Å². The number of rotatable bonds is 5. The smallest absolute Gasteiger partial charge is 0.0762 e. The Labute approximate surface area is 127 Å². The Morgan fingerprint density at radius 3 is 2.65 bits per heavy atom. The molecule has 20 heavy (non-hydrogen) atoms. The molecule has 1 aromatic rings. The number of aliphatic hydroxyl groups excluding tert-OH is 1. The van der Waals surface area contributed by atoms with E-state index in [4.69, 9.17) is 11.6 Å². The highest BCUT2D eigenvalue weighted by atomic mass is 35.5. The second kappa shape index (κ2) is 6.79. The van der Waals surface area contributed by atoms with E-state index in [1.54, 1.807) is 6.92 Å². The van der Waals surface area contributed by atoms with Crippen LogP contribution in [0.3, 0.4) is 0 Å². The van der Waals surface area contributed by atoms with Crippen LogP contribution in [0.15, 0.2) is 18.2 Å². The zero-order valence-electron chi connectivity index (χ0n) is 12.6. The van der Waals surface area contributed by atoms with Crippen LogP contribution >= 0.6 is 11.6 Å². The number of aliphatic hydroxyl groups is 1. The van der Waals surface area contributed by atoms with Crippen molar-refractivity contribution in [1.29, 1.82) is 0 Å². The van der Waals surface area contributed by atoms with E-state index in [2.05, 4.69) is 23.6 Å². The maximum absolute atomic E-state index is 9.60. The van der Waals surface area contributed by atoms with Crippen molar-refractivity contribution in [2.24, 2.45) is 0 Å². The van der Waals surface area contributed by atoms with Crippen LogP contribution in [0.5, 0.6) is 0 Å². The number of hydrogen-bond donors (Lipinski definition) is 1. The van der Waals surface area contributed by atoms with Gasteiger partial charge in [0, 0.05) is 19.1 Å². The molecule has 2 atom stereocenters. The van der Waals surface area contributed by atoms with Gasteiger partial charge >= 0.3 is 0 Å². The lowest BCUT2D eigenvalue weighted by molar-refractivity contribution is 0.199. The second-order valence-corrected chi connectivity index (χ2v) is 5.90. The van der Waals surface area contributed by atoms with Crippen LogP contribution < -0.4 is 4.90 Å². The van der Waals surface area contributed by atoms with Crippen LogP contribution in [0.4, 0.5) is 5.69 Å². The van der Waals surface area contributed by atoms with E-state index < -0.39 is 6.10 Å². The molecule has 0 amide bonds. The number of nitrogens with zero attached hydrogens (tertiary/aromatic N) is 2. The molecule has 4 heteroatoms. The van der Waals surface area contributed by atoms with Crippen molar-refractivity contribution < 1.29 is 5.11 Å². The largest absolute Gasteiger partial charge is 0.389 e. The van der Waals surface area contributed by atoms with Crippen molar-refractivity contribution in [1.82, 2.24) is 4.90 Å². The minimum Gasteiger partial charge on any atom is -0.389 e. The summed E-state index contributed by atoms with van der Waals surface area (Å²) in [5, 5.41) is 10.3. The topological polar surface area (TPSA) is 26.7 Å². The van der Waals surface area contributed by atoms with Crippen molar-refractivity contribution in [2.45, 2.75) is 39.3 Å². The van der Waals surface area contributed by atoms with Crippen LogP contribution in [0.2, 0.25) is 5.02 Å². The van der Waals surface area contributed by atoms with Gasteiger partial charge in [-0.15, -0.1) is 0 Å². The van der Waals surface area contributed by atoms with E-state index in [-0.39, 0.29) is 0 Å². The lowest BCUT2D eigenvalue weighted by atomic mass is 10.1. The Balaban J connectivity index is 2.10. The van der Waals surface area contributed by atoms with Gasteiger partial charge in [0.2, 0.25) is 0 Å². The predicted octanol–water partition coefficient (Wildman–Crippen LogP) is 3.31. The van der Waals surface area contributed by atoms with E-state index in [0.29, 0.717) is 6.04 Å². The van der Waals surface area contributed by atoms with Gasteiger partial charge in [0.1, 0.15) is 0 Å². The number of benzene rings is 1. The molecule has 1 fully saturated rings. The highest BCUT2D eigenvalue weighted by Crippen LogP contribution is 2.32. The van der Waals surface area contributed by atoms with Crippen molar-refractivity contribution in [3.05, 3.63) is 28.8 Å². The van der Waals surface area contributed by atoms with E-state index in [1.165, 1.54) is 6.42 Å². The van der Waals surface area contributed by atoms with E-state index >= 15 is 0 Å². The molecular weight excluding hydrogens is 272 g/mol. The molecule has 112 valence electrons. The summed E-state index contributed by atoms with van der Waals surface area (Å²) in [5.41, 5.74) is 1.96. The minimum absolute atomic E-state index is 0.469. The quantitative estimate of drug-likeness (QED) is 0.903. The summed E-state index contributed by atoms with van der Waals surface area (Å²) in [4.78, 5) is 4.87. The van der Waals surface area contributed by atoms with Gasteiger partial charge < -0.3 is 10.0 Å². The zero-order chi connectivity index (χ0) is 14.7. The highest BCUT2D eigenvalue weighted by molar-refractivity contribution is 6.33. The molecule has 3 nitrogen and oxygen atoms in total. The Morgan fingerprint density at radius 2 is 2.10 bits per heavy atom. The summed E-state index contributed by atoms with van der Waals surface area (Å²) >= 11 is 6.38. The van der Waals surface area contributed by atoms with E-state index in [9.17, 15) is 5.11 Å². The molecule has 0 aliphatic carbocycles. The lowest BCUT2D eigenvalue weighted by Crippen LogP contribution is -2.37. The first-order chi connectivity index (χ1) is 9.56. The summed E-state index contributed by atoms with van der Waals surface area (Å²) in [6.07, 6.45) is 0.722. The van der Waals surface area contributed by atoms with Gasteiger partial charge in [0.25, 0.3) is 0 Å². The summed E-state index contributed by atoms with van der Waals surface area (Å²) in [7, 11) is 0. The molecule has 0 spiro atoms. The van der Waals surface area contributed by atoms with Crippen LogP contribution in [0, 0.1) is 0 Å². The highest BCUT2D eigenvalue weighted by Gasteiger charge is 2.27. The number of anilines is 1. The van der Waals surface area contributed by atoms with Crippen LogP contribution in [0.25, 0.3) is 0 Å². The summed E-state index contributed by atoms with van der Waals surface area (Å²) < 4.78 is 0. The predicted molar refractivity (Wildman–Crippen MR) is 85.6 cm³/mol. The monoisotopic (exact) mass is 296 g/mol. The van der Waals surface area contributed by atoms with Gasteiger partial charge in [0.15, 0.2) is 0 Å². The number of halogens is 1. The Bertz CT molecular complexity index is 446. The molecule has 1 N–H and O–H groups in total. The van der Waals surface area contributed by atoms with Gasteiger partial charge in [-0.2, -0.15) is 0 Å². The molecule has 1 saturated heterocycles. The first kappa shape index (κ1) is 15.6. The van der Waals surface area contributed by atoms with Crippen molar-refractivity contribution in [2.75, 3.05) is 31.1 Å². The van der Waals surface area contributed by atoms with Gasteiger partial charge in [0.05, 0.1) is 16.8 Å². The molecule has 2 rings (SSSR count). The molecule has 0 bridgehead atoms. The molecule has 1 heterocycles. The Hall–Kier alpha value is -0.770. The SMILES string of the molecule is CCN(CC)C1CCN(c2ccc([C@H](C)O)cc2Cl)C1. The third-order valence-electron chi connectivity index (χ3n) is 4.29. The van der Waals surface area contributed by atoms with Gasteiger partial charge in [-0.3, -0.25) is 4.90 Å². The fraction of sp³-hybridized carbons (Fsp3) is 0.625. The molecule has 1 unspecified atom stereocenters. The molecule has 1 aliphatic rings. The van der Waals surface area contributed by atoms with Gasteiger partial charge in [-0.1, -0.05) is 31.5 Å². The number of likely N-dealkylation sites (N-methyl/N-ethyl adjacent to an activating group) is 1. The van der Waals surface area contributed by atoms with E-state index in [0.717, 1.165) is 42.5 Å². The summed E-state index contributed by atoms with van der Waals surface area (Å²) in [6.45, 7) is 10.5. The normalized spacial score (nSPS) is 20.7. The molecule has 1 aliphatic heterocycles. The van der Waals surface area contributed by atoms with Crippen LogP contribution in [-0.2, 0) is 0 Å². The maximum Gasteiger partial charge on any atom is 0.0762 e. The fourth-order valence-corrected chi connectivity index (χ4v) is 3.35. The Kier molecular flexibility index (Phi) is 5.30. The first-order valence-electron chi connectivity index (χ1n) is 7.53. The minimum atomic E-state index is -0.469. The molecule has 1 aromatic carbocycles. The summed E-state index contributed by atoms with van der Waals surface area (Å²) in [5.74, 6) is 0. The van der Waals surface area contributed by atoms with Gasteiger partial charge in [-0.05, 0) is 44.1 Å². The third-order valence-corrected chi connectivity index (χ3v) is 4.59. The average Bonchev–Trinajstić information content (AvgIpc) is 2.89. The first-order valence-corrected chi connectivity index (χ1v) is 7.91. The third kappa shape index (κ3) is 3.27. The Morgan fingerprint density at radius 1 is 1.40 bits per heavy atom. The maximum atomic E-state index is 9.60. The second-order valence-electron chi connectivity index (χ2n) is 5.50. The average molecular weight is 297 g/mol. The standard InChI is InChI=1S/C16H25ClN2O/c1-4-18(5-2)14-8-9-19(11-14)16-7-6-13(12(3)20)10-15(16)17/h6-7,10,12,14,20H,4-5,8-9,11H2,1-3H3/t12-,14?/m0/s1. The van der Waals surface area contributed by atoms with Crippen LogP contribution in [0.1, 0.15) is 38.9 Å². The van der Waals surface area contributed by atoms with Crippen molar-refractivity contribution >= 4 is 17.3 Å². The van der Waals surface area contributed by atoms with Crippen molar-refractivity contribution in [3.63, 3.8) is 0 Å².